The van der Waals surface area contributed by atoms with Crippen LogP contribution in [0.15, 0.2) is 84.9 Å². The Bertz CT molecular complexity index is 1110. The molecule has 4 rings (SSSR count). The van der Waals surface area contributed by atoms with E-state index >= 15 is 0 Å². The summed E-state index contributed by atoms with van der Waals surface area (Å²) >= 11 is 0. The standard InChI is InChI=1S/C25H20FNO3/c26-20-13-10-19(11-14-20)17-27-23-9-5-4-8-22(23)25(30,24(27)29)16-21(28)15-12-18-6-2-1-3-7-18/h1-15,30H,16-17H2/b15-12+. The molecule has 1 amide bonds. The number of aliphatic hydroxyl groups is 1. The lowest BCUT2D eigenvalue weighted by atomic mass is 9.89. The Morgan fingerprint density at radius 2 is 1.63 bits per heavy atom. The highest BCUT2D eigenvalue weighted by atomic mass is 19.1. The van der Waals surface area contributed by atoms with Crippen LogP contribution in [0.5, 0.6) is 0 Å². The summed E-state index contributed by atoms with van der Waals surface area (Å²) in [6.45, 7) is 0.173. The van der Waals surface area contributed by atoms with Crippen LogP contribution in [0, 0.1) is 5.82 Å². The Morgan fingerprint density at radius 1 is 0.967 bits per heavy atom. The van der Waals surface area contributed by atoms with Gasteiger partial charge >= 0.3 is 0 Å². The Balaban J connectivity index is 1.59. The van der Waals surface area contributed by atoms with Crippen LogP contribution in [0.4, 0.5) is 10.1 Å². The molecule has 1 aliphatic rings. The van der Waals surface area contributed by atoms with Gasteiger partial charge in [-0.25, -0.2) is 4.39 Å². The fraction of sp³-hybridized carbons (Fsp3) is 0.120. The molecule has 1 N–H and O–H groups in total. The third-order valence-corrected chi connectivity index (χ3v) is 5.18. The van der Waals surface area contributed by atoms with Crippen molar-refractivity contribution >= 4 is 23.5 Å². The molecule has 0 spiro atoms. The molecule has 5 heteroatoms. The van der Waals surface area contributed by atoms with Gasteiger partial charge in [0.1, 0.15) is 5.82 Å². The van der Waals surface area contributed by atoms with Gasteiger partial charge in [-0.15, -0.1) is 0 Å². The van der Waals surface area contributed by atoms with Crippen LogP contribution >= 0.6 is 0 Å². The van der Waals surface area contributed by atoms with Gasteiger partial charge in [-0.3, -0.25) is 9.59 Å². The summed E-state index contributed by atoms with van der Waals surface area (Å²) in [6, 6.07) is 22.1. The average Bonchev–Trinajstić information content (AvgIpc) is 2.96. The maximum atomic E-state index is 13.2. The van der Waals surface area contributed by atoms with Crippen LogP contribution in [0.25, 0.3) is 6.08 Å². The van der Waals surface area contributed by atoms with Gasteiger partial charge in [-0.05, 0) is 35.4 Å². The second-order valence-corrected chi connectivity index (χ2v) is 7.28. The van der Waals surface area contributed by atoms with E-state index in [1.54, 1.807) is 42.5 Å². The number of anilines is 1. The fourth-order valence-electron chi connectivity index (χ4n) is 3.67. The van der Waals surface area contributed by atoms with Crippen molar-refractivity contribution in [1.82, 2.24) is 0 Å². The van der Waals surface area contributed by atoms with Gasteiger partial charge in [0, 0.05) is 5.56 Å². The lowest BCUT2D eigenvalue weighted by Crippen LogP contribution is -2.41. The van der Waals surface area contributed by atoms with Crippen molar-refractivity contribution in [3.63, 3.8) is 0 Å². The number of nitrogens with zero attached hydrogens (tertiary/aromatic N) is 1. The number of fused-ring (bicyclic) bond motifs is 1. The van der Waals surface area contributed by atoms with Crippen LogP contribution in [0.2, 0.25) is 0 Å². The average molecular weight is 401 g/mol. The number of carbonyl (C=O) groups is 2. The van der Waals surface area contributed by atoms with Gasteiger partial charge in [-0.2, -0.15) is 0 Å². The van der Waals surface area contributed by atoms with E-state index in [0.717, 1.165) is 11.1 Å². The highest BCUT2D eigenvalue weighted by Gasteiger charge is 2.50. The second kappa shape index (κ2) is 8.05. The molecule has 4 nitrogen and oxygen atoms in total. The minimum Gasteiger partial charge on any atom is -0.375 e. The molecule has 30 heavy (non-hydrogen) atoms. The van der Waals surface area contributed by atoms with Gasteiger partial charge < -0.3 is 10.0 Å². The van der Waals surface area contributed by atoms with Gasteiger partial charge in [-0.1, -0.05) is 66.7 Å². The smallest absolute Gasteiger partial charge is 0.264 e. The largest absolute Gasteiger partial charge is 0.375 e. The summed E-state index contributed by atoms with van der Waals surface area (Å²) in [4.78, 5) is 27.2. The van der Waals surface area contributed by atoms with Crippen LogP contribution in [0.1, 0.15) is 23.1 Å². The van der Waals surface area contributed by atoms with E-state index in [1.165, 1.54) is 23.1 Å². The fourth-order valence-corrected chi connectivity index (χ4v) is 3.67. The zero-order valence-electron chi connectivity index (χ0n) is 16.2. The first-order valence-electron chi connectivity index (χ1n) is 9.62. The topological polar surface area (TPSA) is 57.6 Å². The number of carbonyl (C=O) groups excluding carboxylic acids is 2. The number of allylic oxidation sites excluding steroid dienone is 1. The number of rotatable bonds is 6. The number of para-hydroxylation sites is 1. The van der Waals surface area contributed by atoms with Crippen molar-refractivity contribution in [3.05, 3.63) is 107 Å². The Labute approximate surface area is 173 Å². The lowest BCUT2D eigenvalue weighted by molar-refractivity contribution is -0.140. The van der Waals surface area contributed by atoms with Crippen LogP contribution in [-0.2, 0) is 21.7 Å². The maximum absolute atomic E-state index is 13.2. The molecule has 0 radical (unpaired) electrons. The highest BCUT2D eigenvalue weighted by molar-refractivity contribution is 6.10. The molecule has 0 bridgehead atoms. The maximum Gasteiger partial charge on any atom is 0.264 e. The van der Waals surface area contributed by atoms with Crippen molar-refractivity contribution in [3.8, 4) is 0 Å². The summed E-state index contributed by atoms with van der Waals surface area (Å²) in [7, 11) is 0. The minimum absolute atomic E-state index is 0.173. The number of benzene rings is 3. The Hall–Kier alpha value is -3.57. The van der Waals surface area contributed by atoms with Crippen molar-refractivity contribution in [2.45, 2.75) is 18.6 Å². The van der Waals surface area contributed by atoms with Gasteiger partial charge in [0.15, 0.2) is 11.4 Å². The van der Waals surface area contributed by atoms with E-state index in [-0.39, 0.29) is 24.6 Å². The number of ketones is 1. The predicted octanol–water partition coefficient (Wildman–Crippen LogP) is 4.23. The Morgan fingerprint density at radius 3 is 2.37 bits per heavy atom. The minimum atomic E-state index is -1.94. The molecular weight excluding hydrogens is 381 g/mol. The van der Waals surface area contributed by atoms with Crippen LogP contribution < -0.4 is 4.90 Å². The van der Waals surface area contributed by atoms with Crippen molar-refractivity contribution in [2.24, 2.45) is 0 Å². The number of amides is 1. The molecule has 3 aromatic rings. The molecule has 1 heterocycles. The molecule has 0 saturated carbocycles. The molecule has 0 aromatic heterocycles. The molecule has 0 aliphatic carbocycles. The monoisotopic (exact) mass is 401 g/mol. The third-order valence-electron chi connectivity index (χ3n) is 5.18. The summed E-state index contributed by atoms with van der Waals surface area (Å²) in [6.07, 6.45) is 2.69. The third kappa shape index (κ3) is 3.80. The first-order chi connectivity index (χ1) is 14.5. The van der Waals surface area contributed by atoms with Crippen molar-refractivity contribution in [2.75, 3.05) is 4.90 Å². The summed E-state index contributed by atoms with van der Waals surface area (Å²) in [5.74, 6) is -1.28. The zero-order chi connectivity index (χ0) is 21.1. The molecule has 1 unspecified atom stereocenters. The predicted molar refractivity (Wildman–Crippen MR) is 113 cm³/mol. The van der Waals surface area contributed by atoms with Gasteiger partial charge in [0.2, 0.25) is 0 Å². The van der Waals surface area contributed by atoms with Gasteiger partial charge in [0.25, 0.3) is 5.91 Å². The molecule has 1 atom stereocenters. The van der Waals surface area contributed by atoms with Crippen LogP contribution in [-0.4, -0.2) is 16.8 Å². The van der Waals surface area contributed by atoms with Crippen molar-refractivity contribution < 1.29 is 19.1 Å². The van der Waals surface area contributed by atoms with E-state index in [0.29, 0.717) is 11.3 Å². The van der Waals surface area contributed by atoms with E-state index in [9.17, 15) is 19.1 Å². The van der Waals surface area contributed by atoms with Gasteiger partial charge in [0.05, 0.1) is 18.7 Å². The second-order valence-electron chi connectivity index (χ2n) is 7.28. The number of hydrogen-bond acceptors (Lipinski definition) is 3. The number of halogens is 1. The highest BCUT2D eigenvalue weighted by Crippen LogP contribution is 2.43. The quantitative estimate of drug-likeness (QED) is 0.629. The SMILES string of the molecule is O=C(/C=C/c1ccccc1)CC1(O)C(=O)N(Cc2ccc(F)cc2)c2ccccc21. The lowest BCUT2D eigenvalue weighted by Gasteiger charge is -2.22. The van der Waals surface area contributed by atoms with E-state index < -0.39 is 11.5 Å². The van der Waals surface area contributed by atoms with E-state index in [1.807, 2.05) is 30.3 Å². The van der Waals surface area contributed by atoms with Crippen molar-refractivity contribution in [1.29, 1.82) is 0 Å². The van der Waals surface area contributed by atoms with E-state index in [4.69, 9.17) is 0 Å². The molecule has 1 aliphatic heterocycles. The first-order valence-corrected chi connectivity index (χ1v) is 9.62. The normalized spacial score (nSPS) is 18.1. The van der Waals surface area contributed by atoms with Crippen LogP contribution in [0.3, 0.4) is 0 Å². The molecule has 0 saturated heterocycles. The molecular formula is C25H20FNO3. The Kier molecular flexibility index (Phi) is 5.29. The summed E-state index contributed by atoms with van der Waals surface area (Å²) < 4.78 is 13.2. The molecule has 3 aromatic carbocycles. The number of hydrogen-bond donors (Lipinski definition) is 1. The molecule has 0 fully saturated rings. The summed E-state index contributed by atoms with van der Waals surface area (Å²) in [5, 5.41) is 11.3. The summed E-state index contributed by atoms with van der Waals surface area (Å²) in [5.41, 5.74) is 0.593. The first kappa shape index (κ1) is 19.7. The van der Waals surface area contributed by atoms with E-state index in [2.05, 4.69) is 0 Å². The zero-order valence-corrected chi connectivity index (χ0v) is 16.2. The molecule has 150 valence electrons.